The lowest BCUT2D eigenvalue weighted by molar-refractivity contribution is -0.148. The number of aryl methyl sites for hydroxylation is 1. The summed E-state index contributed by atoms with van der Waals surface area (Å²) in [5, 5.41) is 9.13. The fraction of sp³-hybridized carbons (Fsp3) is 0.389. The zero-order valence-corrected chi connectivity index (χ0v) is 13.4. The molecule has 0 radical (unpaired) electrons. The molecule has 1 aliphatic rings. The van der Waals surface area contributed by atoms with E-state index in [1.807, 2.05) is 30.3 Å². The number of aromatic nitrogens is 1. The van der Waals surface area contributed by atoms with E-state index in [1.54, 1.807) is 6.20 Å². The summed E-state index contributed by atoms with van der Waals surface area (Å²) in [6.07, 6.45) is 4.45. The van der Waals surface area contributed by atoms with Crippen LogP contribution in [0.2, 0.25) is 0 Å². The summed E-state index contributed by atoms with van der Waals surface area (Å²) in [5.41, 5.74) is 0.966. The van der Waals surface area contributed by atoms with Crippen LogP contribution in [0.4, 0.5) is 0 Å². The highest BCUT2D eigenvalue weighted by molar-refractivity contribution is 5.84. The molecule has 6 heteroatoms. The SMILES string of the molecule is O=C(O)C1CCCN1C(=O)CCCc1ncc(-c2ccccc2)o1. The van der Waals surface area contributed by atoms with Crippen LogP contribution < -0.4 is 0 Å². The highest BCUT2D eigenvalue weighted by Crippen LogP contribution is 2.22. The van der Waals surface area contributed by atoms with E-state index in [4.69, 9.17) is 9.52 Å². The van der Waals surface area contributed by atoms with Gasteiger partial charge in [0, 0.05) is 24.9 Å². The van der Waals surface area contributed by atoms with Gasteiger partial charge in [-0.1, -0.05) is 30.3 Å². The van der Waals surface area contributed by atoms with E-state index in [1.165, 1.54) is 4.90 Å². The maximum absolute atomic E-state index is 12.2. The maximum atomic E-state index is 12.2. The van der Waals surface area contributed by atoms with E-state index in [0.717, 1.165) is 12.0 Å². The van der Waals surface area contributed by atoms with E-state index in [0.29, 0.717) is 43.9 Å². The van der Waals surface area contributed by atoms with Gasteiger partial charge in [0.25, 0.3) is 0 Å². The van der Waals surface area contributed by atoms with Gasteiger partial charge in [0.05, 0.1) is 6.20 Å². The molecule has 6 nitrogen and oxygen atoms in total. The van der Waals surface area contributed by atoms with Gasteiger partial charge < -0.3 is 14.4 Å². The molecule has 0 bridgehead atoms. The average molecular weight is 328 g/mol. The topological polar surface area (TPSA) is 83.6 Å². The number of aliphatic carboxylic acids is 1. The molecule has 1 aromatic heterocycles. The van der Waals surface area contributed by atoms with E-state index in [-0.39, 0.29) is 5.91 Å². The number of benzene rings is 1. The lowest BCUT2D eigenvalue weighted by atomic mass is 10.2. The molecule has 1 amide bonds. The van der Waals surface area contributed by atoms with Gasteiger partial charge in [0.2, 0.25) is 5.91 Å². The number of carboxylic acid groups (broad SMARTS) is 1. The Morgan fingerprint density at radius 1 is 1.29 bits per heavy atom. The molecule has 24 heavy (non-hydrogen) atoms. The quantitative estimate of drug-likeness (QED) is 0.881. The summed E-state index contributed by atoms with van der Waals surface area (Å²) in [4.78, 5) is 29.0. The van der Waals surface area contributed by atoms with Crippen molar-refractivity contribution >= 4 is 11.9 Å². The number of hydrogen-bond acceptors (Lipinski definition) is 4. The Labute approximate surface area is 140 Å². The molecule has 0 aliphatic carbocycles. The van der Waals surface area contributed by atoms with Crippen molar-refractivity contribution in [2.45, 2.75) is 38.1 Å². The predicted molar refractivity (Wildman–Crippen MR) is 87.2 cm³/mol. The Morgan fingerprint density at radius 3 is 2.83 bits per heavy atom. The molecule has 0 saturated carbocycles. The van der Waals surface area contributed by atoms with Crippen LogP contribution in [-0.2, 0) is 16.0 Å². The van der Waals surface area contributed by atoms with Crippen molar-refractivity contribution in [3.05, 3.63) is 42.4 Å². The maximum Gasteiger partial charge on any atom is 0.326 e. The number of nitrogens with zero attached hydrogens (tertiary/aromatic N) is 2. The first kappa shape index (κ1) is 16.2. The number of likely N-dealkylation sites (tertiary alicyclic amines) is 1. The number of oxazole rings is 1. The van der Waals surface area contributed by atoms with Gasteiger partial charge in [-0.15, -0.1) is 0 Å². The van der Waals surface area contributed by atoms with E-state index in [9.17, 15) is 9.59 Å². The molecular formula is C18H20N2O4. The van der Waals surface area contributed by atoms with Gasteiger partial charge in [-0.05, 0) is 19.3 Å². The highest BCUT2D eigenvalue weighted by atomic mass is 16.4. The Balaban J connectivity index is 1.51. The first-order valence-electron chi connectivity index (χ1n) is 8.17. The first-order valence-corrected chi connectivity index (χ1v) is 8.17. The Morgan fingerprint density at radius 2 is 2.08 bits per heavy atom. The van der Waals surface area contributed by atoms with Gasteiger partial charge in [0.1, 0.15) is 6.04 Å². The van der Waals surface area contributed by atoms with Gasteiger partial charge in [-0.25, -0.2) is 9.78 Å². The van der Waals surface area contributed by atoms with Crippen LogP contribution in [0.3, 0.4) is 0 Å². The van der Waals surface area contributed by atoms with Crippen molar-refractivity contribution in [3.63, 3.8) is 0 Å². The lowest BCUT2D eigenvalue weighted by Crippen LogP contribution is -2.40. The molecule has 1 aromatic carbocycles. The summed E-state index contributed by atoms with van der Waals surface area (Å²) >= 11 is 0. The molecule has 1 fully saturated rings. The largest absolute Gasteiger partial charge is 0.480 e. The number of amides is 1. The van der Waals surface area contributed by atoms with Crippen LogP contribution in [0.1, 0.15) is 31.6 Å². The van der Waals surface area contributed by atoms with Gasteiger partial charge in [-0.3, -0.25) is 4.79 Å². The summed E-state index contributed by atoms with van der Waals surface area (Å²) in [6.45, 7) is 0.535. The van der Waals surface area contributed by atoms with Crippen LogP contribution in [0.25, 0.3) is 11.3 Å². The van der Waals surface area contributed by atoms with Gasteiger partial charge in [-0.2, -0.15) is 0 Å². The molecule has 1 atom stereocenters. The highest BCUT2D eigenvalue weighted by Gasteiger charge is 2.33. The van der Waals surface area contributed by atoms with Crippen molar-refractivity contribution in [3.8, 4) is 11.3 Å². The molecule has 1 aliphatic heterocycles. The molecule has 0 spiro atoms. The number of hydrogen-bond donors (Lipinski definition) is 1. The minimum atomic E-state index is -0.916. The van der Waals surface area contributed by atoms with Crippen LogP contribution in [0, 0.1) is 0 Å². The fourth-order valence-electron chi connectivity index (χ4n) is 3.02. The molecular weight excluding hydrogens is 308 g/mol. The zero-order chi connectivity index (χ0) is 16.9. The fourth-order valence-corrected chi connectivity index (χ4v) is 3.02. The number of carbonyl (C=O) groups excluding carboxylic acids is 1. The van der Waals surface area contributed by atoms with E-state index in [2.05, 4.69) is 4.98 Å². The zero-order valence-electron chi connectivity index (χ0n) is 13.4. The molecule has 1 unspecified atom stereocenters. The van der Waals surface area contributed by atoms with Crippen LogP contribution in [-0.4, -0.2) is 39.5 Å². The minimum Gasteiger partial charge on any atom is -0.480 e. The van der Waals surface area contributed by atoms with Crippen molar-refractivity contribution in [2.75, 3.05) is 6.54 Å². The average Bonchev–Trinajstić information content (AvgIpc) is 3.25. The number of carbonyl (C=O) groups is 2. The second-order valence-electron chi connectivity index (χ2n) is 5.92. The van der Waals surface area contributed by atoms with Gasteiger partial charge >= 0.3 is 5.97 Å². The Bertz CT molecular complexity index is 711. The molecule has 1 saturated heterocycles. The van der Waals surface area contributed by atoms with Crippen molar-refractivity contribution < 1.29 is 19.1 Å². The number of rotatable bonds is 6. The molecule has 2 aromatic rings. The van der Waals surface area contributed by atoms with Crippen molar-refractivity contribution in [2.24, 2.45) is 0 Å². The third kappa shape index (κ3) is 3.64. The van der Waals surface area contributed by atoms with Crippen LogP contribution in [0.5, 0.6) is 0 Å². The summed E-state index contributed by atoms with van der Waals surface area (Å²) < 4.78 is 5.71. The molecule has 1 N–H and O–H groups in total. The van der Waals surface area contributed by atoms with E-state index < -0.39 is 12.0 Å². The minimum absolute atomic E-state index is 0.102. The van der Waals surface area contributed by atoms with E-state index >= 15 is 0 Å². The van der Waals surface area contributed by atoms with Crippen LogP contribution in [0.15, 0.2) is 40.9 Å². The summed E-state index contributed by atoms with van der Waals surface area (Å²) in [7, 11) is 0. The second kappa shape index (κ2) is 7.29. The second-order valence-corrected chi connectivity index (χ2v) is 5.92. The molecule has 2 heterocycles. The van der Waals surface area contributed by atoms with Crippen LogP contribution >= 0.6 is 0 Å². The lowest BCUT2D eigenvalue weighted by Gasteiger charge is -2.21. The monoisotopic (exact) mass is 328 g/mol. The normalized spacial score (nSPS) is 17.2. The summed E-state index contributed by atoms with van der Waals surface area (Å²) in [5.74, 6) is 0.288. The predicted octanol–water partition coefficient (Wildman–Crippen LogP) is 2.74. The molecule has 3 rings (SSSR count). The third-order valence-corrected chi connectivity index (χ3v) is 4.25. The summed E-state index contributed by atoms with van der Waals surface area (Å²) in [6, 6.07) is 9.05. The standard InChI is InChI=1S/C18H20N2O4/c21-17(20-11-5-8-14(20)18(22)23)10-4-9-16-19-12-15(24-16)13-6-2-1-3-7-13/h1-3,6-7,12,14H,4-5,8-11H2,(H,22,23). The third-order valence-electron chi connectivity index (χ3n) is 4.25. The molecule has 126 valence electrons. The Kier molecular flexibility index (Phi) is 4.93. The Hall–Kier alpha value is -2.63. The van der Waals surface area contributed by atoms with Crippen molar-refractivity contribution in [1.29, 1.82) is 0 Å². The smallest absolute Gasteiger partial charge is 0.326 e. The van der Waals surface area contributed by atoms with Crippen molar-refractivity contribution in [1.82, 2.24) is 9.88 Å². The first-order chi connectivity index (χ1) is 11.6. The number of carboxylic acids is 1. The van der Waals surface area contributed by atoms with Gasteiger partial charge in [0.15, 0.2) is 11.7 Å².